The molecule has 1 amide bonds. The van der Waals surface area contributed by atoms with E-state index in [9.17, 15) is 18.0 Å². The molecule has 3 heterocycles. The average molecular weight is 454 g/mol. The van der Waals surface area contributed by atoms with E-state index in [1.165, 1.54) is 4.31 Å². The molecule has 2 aromatic rings. The van der Waals surface area contributed by atoms with Gasteiger partial charge in [-0.05, 0) is 61.8 Å². The second-order valence-corrected chi connectivity index (χ2v) is 10.8. The number of sulfonamides is 1. The summed E-state index contributed by atoms with van der Waals surface area (Å²) in [6, 6.07) is 10.5. The number of carbonyl (C=O) groups excluding carboxylic acids is 1. The number of amides is 1. The van der Waals surface area contributed by atoms with E-state index >= 15 is 0 Å². The van der Waals surface area contributed by atoms with Gasteiger partial charge in [0.05, 0.1) is 4.90 Å². The first kappa shape index (κ1) is 21.2. The molecule has 7 nitrogen and oxygen atoms in total. The molecule has 0 spiro atoms. The van der Waals surface area contributed by atoms with Crippen molar-refractivity contribution in [2.75, 3.05) is 13.1 Å². The highest BCUT2D eigenvalue weighted by molar-refractivity contribution is 7.89. The second-order valence-electron chi connectivity index (χ2n) is 8.86. The fraction of sp³-hybridized carbons (Fsp3) is 0.417. The summed E-state index contributed by atoms with van der Waals surface area (Å²) in [6.07, 6.45) is 6.99. The Morgan fingerprint density at radius 1 is 0.969 bits per heavy atom. The van der Waals surface area contributed by atoms with Crippen molar-refractivity contribution in [3.05, 3.63) is 69.6 Å². The van der Waals surface area contributed by atoms with Crippen LogP contribution in [0.3, 0.4) is 0 Å². The minimum absolute atomic E-state index is 0.00947. The van der Waals surface area contributed by atoms with E-state index in [-0.39, 0.29) is 22.4 Å². The maximum atomic E-state index is 12.9. The van der Waals surface area contributed by atoms with E-state index in [4.69, 9.17) is 0 Å². The minimum Gasteiger partial charge on any atom is -0.350 e. The van der Waals surface area contributed by atoms with Crippen molar-refractivity contribution in [2.24, 2.45) is 0 Å². The number of hydrogen-bond acceptors (Lipinski definition) is 4. The summed E-state index contributed by atoms with van der Waals surface area (Å²) in [5, 5.41) is 2.94. The number of hydrogen-bond donors (Lipinski definition) is 2. The molecule has 1 atom stereocenters. The molecule has 0 bridgehead atoms. The van der Waals surface area contributed by atoms with Crippen molar-refractivity contribution < 1.29 is 13.2 Å². The number of aromatic amines is 1. The highest BCUT2D eigenvalue weighted by atomic mass is 32.2. The standard InChI is InChI=1S/C24H27N3O4S/c28-23-12-7-18(25-23)15-21(22-11-10-20(16-3-4-16)24(29)26-22)17-5-8-19(9-6-17)32(30,31)27-13-1-2-14-27/h5-6,8-11,15-16,18H,1-4,7,12-14H2,(H,25,28)(H,26,29)/t18-/m1/s1. The molecule has 1 aliphatic carbocycles. The molecular weight excluding hydrogens is 426 g/mol. The fourth-order valence-electron chi connectivity index (χ4n) is 4.55. The van der Waals surface area contributed by atoms with E-state index in [1.54, 1.807) is 24.3 Å². The van der Waals surface area contributed by atoms with E-state index in [0.717, 1.165) is 42.4 Å². The van der Waals surface area contributed by atoms with Gasteiger partial charge in [0.2, 0.25) is 15.9 Å². The molecular formula is C24H27N3O4S. The third-order valence-corrected chi connectivity index (χ3v) is 8.42. The first-order valence-corrected chi connectivity index (χ1v) is 12.7. The topological polar surface area (TPSA) is 99.3 Å². The molecule has 1 saturated carbocycles. The predicted octanol–water partition coefficient (Wildman–Crippen LogP) is 2.75. The van der Waals surface area contributed by atoms with Gasteiger partial charge in [0.25, 0.3) is 5.56 Å². The third kappa shape index (κ3) is 4.17. The quantitative estimate of drug-likeness (QED) is 0.703. The summed E-state index contributed by atoms with van der Waals surface area (Å²) in [5.41, 5.74) is 2.97. The Hall–Kier alpha value is -2.71. The van der Waals surface area contributed by atoms with Crippen LogP contribution in [0.15, 0.2) is 52.2 Å². The Kier molecular flexibility index (Phi) is 5.51. The van der Waals surface area contributed by atoms with E-state index in [2.05, 4.69) is 10.3 Å². The largest absolute Gasteiger partial charge is 0.350 e. The normalized spacial score (nSPS) is 22.3. The monoisotopic (exact) mass is 453 g/mol. The van der Waals surface area contributed by atoms with E-state index in [1.807, 2.05) is 18.2 Å². The summed E-state index contributed by atoms with van der Waals surface area (Å²) in [4.78, 5) is 27.6. The zero-order chi connectivity index (χ0) is 22.3. The number of carbonyl (C=O) groups is 1. The Balaban J connectivity index is 1.50. The lowest BCUT2D eigenvalue weighted by Gasteiger charge is -2.17. The predicted molar refractivity (Wildman–Crippen MR) is 122 cm³/mol. The zero-order valence-corrected chi connectivity index (χ0v) is 18.7. The number of nitrogens with zero attached hydrogens (tertiary/aromatic N) is 1. The van der Waals surface area contributed by atoms with Crippen LogP contribution < -0.4 is 10.9 Å². The van der Waals surface area contributed by atoms with Crippen LogP contribution in [-0.4, -0.2) is 42.7 Å². The SMILES string of the molecule is O=C1CC[C@H](C=C(c2ccc(S(=O)(=O)N3CCCC3)cc2)c2ccc(C3CC3)c(=O)[nH]2)N1. The van der Waals surface area contributed by atoms with Gasteiger partial charge >= 0.3 is 0 Å². The molecule has 0 unspecified atom stereocenters. The molecule has 3 aliphatic rings. The molecule has 1 aromatic carbocycles. The van der Waals surface area contributed by atoms with Gasteiger partial charge in [-0.25, -0.2) is 8.42 Å². The lowest BCUT2D eigenvalue weighted by molar-refractivity contribution is -0.119. The first-order valence-electron chi connectivity index (χ1n) is 11.3. The summed E-state index contributed by atoms with van der Waals surface area (Å²) < 4.78 is 27.3. The van der Waals surface area contributed by atoms with Crippen molar-refractivity contribution in [3.8, 4) is 0 Å². The van der Waals surface area contributed by atoms with Crippen LogP contribution in [0, 0.1) is 0 Å². The molecule has 3 fully saturated rings. The van der Waals surface area contributed by atoms with Gasteiger partial charge in [-0.3, -0.25) is 9.59 Å². The Morgan fingerprint density at radius 3 is 2.28 bits per heavy atom. The number of aromatic nitrogens is 1. The van der Waals surface area contributed by atoms with Crippen molar-refractivity contribution >= 4 is 21.5 Å². The van der Waals surface area contributed by atoms with Crippen molar-refractivity contribution in [1.29, 1.82) is 0 Å². The number of rotatable bonds is 6. The summed E-state index contributed by atoms with van der Waals surface area (Å²) >= 11 is 0. The van der Waals surface area contributed by atoms with Crippen molar-refractivity contribution in [3.63, 3.8) is 0 Å². The second kappa shape index (κ2) is 8.33. The molecule has 0 radical (unpaired) electrons. The Morgan fingerprint density at radius 2 is 1.69 bits per heavy atom. The lowest BCUT2D eigenvalue weighted by atomic mass is 9.98. The third-order valence-electron chi connectivity index (χ3n) is 6.51. The van der Waals surface area contributed by atoms with Crippen LogP contribution in [0.1, 0.15) is 61.3 Å². The average Bonchev–Trinajstić information content (AvgIpc) is 3.29. The van der Waals surface area contributed by atoms with Gasteiger partial charge in [0.1, 0.15) is 0 Å². The summed E-state index contributed by atoms with van der Waals surface area (Å²) in [6.45, 7) is 1.12. The lowest BCUT2D eigenvalue weighted by Crippen LogP contribution is -2.27. The molecule has 168 valence electrons. The van der Waals surface area contributed by atoms with Crippen LogP contribution in [0.2, 0.25) is 0 Å². The molecule has 8 heteroatoms. The van der Waals surface area contributed by atoms with Gasteiger partial charge in [0, 0.05) is 42.4 Å². The highest BCUT2D eigenvalue weighted by Gasteiger charge is 2.28. The zero-order valence-electron chi connectivity index (χ0n) is 17.8. The van der Waals surface area contributed by atoms with E-state index < -0.39 is 10.0 Å². The molecule has 5 rings (SSSR count). The van der Waals surface area contributed by atoms with Crippen LogP contribution in [0.5, 0.6) is 0 Å². The molecule has 2 saturated heterocycles. The van der Waals surface area contributed by atoms with Gasteiger partial charge in [0.15, 0.2) is 0 Å². The highest BCUT2D eigenvalue weighted by Crippen LogP contribution is 2.38. The molecule has 1 aromatic heterocycles. The van der Waals surface area contributed by atoms with Crippen LogP contribution >= 0.6 is 0 Å². The molecule has 32 heavy (non-hydrogen) atoms. The van der Waals surface area contributed by atoms with Gasteiger partial charge in [-0.15, -0.1) is 0 Å². The van der Waals surface area contributed by atoms with Crippen molar-refractivity contribution in [1.82, 2.24) is 14.6 Å². The van der Waals surface area contributed by atoms with E-state index in [0.29, 0.717) is 37.5 Å². The van der Waals surface area contributed by atoms with Crippen LogP contribution in [-0.2, 0) is 14.8 Å². The number of pyridine rings is 1. The maximum Gasteiger partial charge on any atom is 0.251 e. The first-order chi connectivity index (χ1) is 15.4. The van der Waals surface area contributed by atoms with Gasteiger partial charge in [-0.1, -0.05) is 24.3 Å². The smallest absolute Gasteiger partial charge is 0.251 e. The van der Waals surface area contributed by atoms with Crippen LogP contribution in [0.25, 0.3) is 5.57 Å². The minimum atomic E-state index is -3.49. The summed E-state index contributed by atoms with van der Waals surface area (Å²) in [5.74, 6) is 0.361. The van der Waals surface area contributed by atoms with Crippen molar-refractivity contribution in [2.45, 2.75) is 55.4 Å². The van der Waals surface area contributed by atoms with Gasteiger partial charge < -0.3 is 10.3 Å². The summed E-state index contributed by atoms with van der Waals surface area (Å²) in [7, 11) is -3.49. The Labute approximate surface area is 187 Å². The fourth-order valence-corrected chi connectivity index (χ4v) is 6.06. The van der Waals surface area contributed by atoms with Gasteiger partial charge in [-0.2, -0.15) is 4.31 Å². The number of benzene rings is 1. The Bertz CT molecular complexity index is 1220. The number of nitrogens with one attached hydrogen (secondary N) is 2. The van der Waals surface area contributed by atoms with Crippen LogP contribution in [0.4, 0.5) is 0 Å². The maximum absolute atomic E-state index is 12.9. The molecule has 2 aliphatic heterocycles. The number of H-pyrrole nitrogens is 1. The molecule has 2 N–H and O–H groups in total.